The predicted octanol–water partition coefficient (Wildman–Crippen LogP) is 5.07. The lowest BCUT2D eigenvalue weighted by atomic mass is 10.1. The van der Waals surface area contributed by atoms with Gasteiger partial charge in [0.25, 0.3) is 0 Å². The zero-order valence-corrected chi connectivity index (χ0v) is 15.2. The number of carbonyl (C=O) groups is 1. The maximum atomic E-state index is 11.7. The number of unbranched alkanes of at least 4 members (excludes halogenated alkanes) is 7. The molecule has 0 aliphatic heterocycles. The number of nitrogens with zero attached hydrogens (tertiary/aromatic N) is 1. The van der Waals surface area contributed by atoms with E-state index in [1.165, 1.54) is 38.5 Å². The van der Waals surface area contributed by atoms with Gasteiger partial charge < -0.3 is 4.74 Å². The molecule has 1 rings (SSSR count). The van der Waals surface area contributed by atoms with E-state index in [1.54, 1.807) is 6.21 Å². The molecule has 1 aromatic carbocycles. The summed E-state index contributed by atoms with van der Waals surface area (Å²) in [5, 5.41) is 4.00. The van der Waals surface area contributed by atoms with Crippen LogP contribution in [-0.4, -0.2) is 18.7 Å². The Bertz CT molecular complexity index is 469. The highest BCUT2D eigenvalue weighted by Crippen LogP contribution is 2.11. The van der Waals surface area contributed by atoms with Crippen LogP contribution in [0.2, 0.25) is 0 Å². The Kier molecular flexibility index (Phi) is 11.4. The fourth-order valence-corrected chi connectivity index (χ4v) is 2.47. The van der Waals surface area contributed by atoms with E-state index in [4.69, 9.17) is 4.74 Å². The van der Waals surface area contributed by atoms with Crippen LogP contribution >= 0.6 is 0 Å². The quantitative estimate of drug-likeness (QED) is 0.311. The molecule has 0 atom stereocenters. The first-order chi connectivity index (χ1) is 11.8. The summed E-state index contributed by atoms with van der Waals surface area (Å²) in [5.41, 5.74) is 3.52. The average Bonchev–Trinajstić information content (AvgIpc) is 2.59. The van der Waals surface area contributed by atoms with Gasteiger partial charge in [-0.3, -0.25) is 4.79 Å². The summed E-state index contributed by atoms with van der Waals surface area (Å²) in [6, 6.07) is 7.62. The van der Waals surface area contributed by atoms with Crippen LogP contribution in [0.1, 0.15) is 77.2 Å². The lowest BCUT2D eigenvalue weighted by molar-refractivity contribution is -0.121. The highest BCUT2D eigenvalue weighted by molar-refractivity contribution is 5.82. The molecule has 4 nitrogen and oxygen atoms in total. The number of ether oxygens (including phenoxy) is 1. The van der Waals surface area contributed by atoms with Crippen molar-refractivity contribution in [2.75, 3.05) is 6.61 Å². The normalized spacial score (nSPS) is 10.9. The van der Waals surface area contributed by atoms with Crippen molar-refractivity contribution in [3.8, 4) is 5.75 Å². The molecule has 0 bridgehead atoms. The van der Waals surface area contributed by atoms with Crippen molar-refractivity contribution in [3.05, 3.63) is 29.8 Å². The number of amides is 1. The van der Waals surface area contributed by atoms with Gasteiger partial charge in [0.1, 0.15) is 5.75 Å². The van der Waals surface area contributed by atoms with Gasteiger partial charge in [-0.15, -0.1) is 0 Å². The molecule has 0 aliphatic rings. The summed E-state index contributed by atoms with van der Waals surface area (Å²) >= 11 is 0. The highest BCUT2D eigenvalue weighted by Gasteiger charge is 1.99. The largest absolute Gasteiger partial charge is 0.494 e. The Hall–Kier alpha value is -1.84. The molecule has 0 heterocycles. The maximum Gasteiger partial charge on any atom is 0.240 e. The molecule has 0 spiro atoms. The molecule has 0 aliphatic carbocycles. The van der Waals surface area contributed by atoms with Crippen molar-refractivity contribution in [2.24, 2.45) is 5.10 Å². The minimum absolute atomic E-state index is 0.0110. The molecule has 0 saturated carbocycles. The monoisotopic (exact) mass is 332 g/mol. The second-order valence-electron chi connectivity index (χ2n) is 6.02. The van der Waals surface area contributed by atoms with Crippen LogP contribution in [-0.2, 0) is 4.79 Å². The van der Waals surface area contributed by atoms with E-state index < -0.39 is 0 Å². The van der Waals surface area contributed by atoms with Crippen molar-refractivity contribution < 1.29 is 9.53 Å². The summed E-state index contributed by atoms with van der Waals surface area (Å²) in [7, 11) is 0. The minimum atomic E-state index is -0.0110. The third-order valence-electron chi connectivity index (χ3n) is 3.85. The Morgan fingerprint density at radius 3 is 2.25 bits per heavy atom. The lowest BCUT2D eigenvalue weighted by Crippen LogP contribution is -2.16. The van der Waals surface area contributed by atoms with Crippen molar-refractivity contribution in [1.82, 2.24) is 5.43 Å². The topological polar surface area (TPSA) is 50.7 Å². The van der Waals surface area contributed by atoms with Gasteiger partial charge >= 0.3 is 0 Å². The number of hydrogen-bond donors (Lipinski definition) is 1. The summed E-state index contributed by atoms with van der Waals surface area (Å²) in [6.45, 7) is 4.84. The summed E-state index contributed by atoms with van der Waals surface area (Å²) in [6.07, 6.45) is 12.1. The van der Waals surface area contributed by atoms with Crippen LogP contribution in [0.25, 0.3) is 0 Å². The average molecular weight is 332 g/mol. The molecule has 0 fully saturated rings. The molecule has 24 heavy (non-hydrogen) atoms. The molecule has 0 radical (unpaired) electrons. The zero-order chi connectivity index (χ0) is 17.5. The SMILES string of the molecule is CCCCCCCCCCC(=O)N/N=C/c1ccc(OCC)cc1. The van der Waals surface area contributed by atoms with Crippen LogP contribution in [0.4, 0.5) is 0 Å². The molecule has 134 valence electrons. The molecule has 0 unspecified atom stereocenters. The number of hydrogen-bond acceptors (Lipinski definition) is 3. The van der Waals surface area contributed by atoms with E-state index in [1.807, 2.05) is 31.2 Å². The molecule has 1 aromatic rings. The Labute approximate surface area is 146 Å². The molecule has 0 aromatic heterocycles. The van der Waals surface area contributed by atoms with Crippen LogP contribution in [0.5, 0.6) is 5.75 Å². The number of hydrazone groups is 1. The summed E-state index contributed by atoms with van der Waals surface area (Å²) in [5.74, 6) is 0.830. The van der Waals surface area contributed by atoms with Crippen molar-refractivity contribution >= 4 is 12.1 Å². The van der Waals surface area contributed by atoms with E-state index in [2.05, 4.69) is 17.5 Å². The number of carbonyl (C=O) groups excluding carboxylic acids is 1. The second kappa shape index (κ2) is 13.6. The number of nitrogens with one attached hydrogen (secondary N) is 1. The van der Waals surface area contributed by atoms with Gasteiger partial charge in [0.15, 0.2) is 0 Å². The second-order valence-corrected chi connectivity index (χ2v) is 6.02. The van der Waals surface area contributed by atoms with Gasteiger partial charge in [0.2, 0.25) is 5.91 Å². The van der Waals surface area contributed by atoms with Gasteiger partial charge in [-0.25, -0.2) is 5.43 Å². The molecular formula is C20H32N2O2. The van der Waals surface area contributed by atoms with Crippen molar-refractivity contribution in [2.45, 2.75) is 71.6 Å². The Balaban J connectivity index is 2.08. The fourth-order valence-electron chi connectivity index (χ4n) is 2.47. The van der Waals surface area contributed by atoms with Gasteiger partial charge in [-0.1, -0.05) is 51.9 Å². The van der Waals surface area contributed by atoms with E-state index in [-0.39, 0.29) is 5.91 Å². The van der Waals surface area contributed by atoms with E-state index in [9.17, 15) is 4.79 Å². The first-order valence-corrected chi connectivity index (χ1v) is 9.31. The first kappa shape index (κ1) is 20.2. The molecule has 1 N–H and O–H groups in total. The van der Waals surface area contributed by atoms with Gasteiger partial charge in [0, 0.05) is 6.42 Å². The lowest BCUT2D eigenvalue weighted by Gasteiger charge is -2.03. The summed E-state index contributed by atoms with van der Waals surface area (Å²) < 4.78 is 5.38. The van der Waals surface area contributed by atoms with Crippen LogP contribution < -0.4 is 10.2 Å². The van der Waals surface area contributed by atoms with Gasteiger partial charge in [0.05, 0.1) is 12.8 Å². The van der Waals surface area contributed by atoms with Crippen LogP contribution in [0.15, 0.2) is 29.4 Å². The van der Waals surface area contributed by atoms with E-state index >= 15 is 0 Å². The molecule has 4 heteroatoms. The smallest absolute Gasteiger partial charge is 0.240 e. The maximum absolute atomic E-state index is 11.7. The summed E-state index contributed by atoms with van der Waals surface area (Å²) in [4.78, 5) is 11.7. The third-order valence-corrected chi connectivity index (χ3v) is 3.85. The van der Waals surface area contributed by atoms with Crippen LogP contribution in [0.3, 0.4) is 0 Å². The van der Waals surface area contributed by atoms with Crippen molar-refractivity contribution in [3.63, 3.8) is 0 Å². The Morgan fingerprint density at radius 1 is 1.00 bits per heavy atom. The number of rotatable bonds is 13. The third kappa shape index (κ3) is 10.0. The van der Waals surface area contributed by atoms with Gasteiger partial charge in [-0.2, -0.15) is 5.10 Å². The number of benzene rings is 1. The molecule has 1 amide bonds. The van der Waals surface area contributed by atoms with Gasteiger partial charge in [-0.05, 0) is 43.2 Å². The van der Waals surface area contributed by atoms with E-state index in [0.29, 0.717) is 13.0 Å². The minimum Gasteiger partial charge on any atom is -0.494 e. The first-order valence-electron chi connectivity index (χ1n) is 9.31. The van der Waals surface area contributed by atoms with Crippen molar-refractivity contribution in [1.29, 1.82) is 0 Å². The standard InChI is InChI=1S/C20H32N2O2/c1-3-5-6-7-8-9-10-11-12-20(23)22-21-17-18-13-15-19(16-14-18)24-4-2/h13-17H,3-12H2,1-2H3,(H,22,23)/b21-17+. The highest BCUT2D eigenvalue weighted by atomic mass is 16.5. The predicted molar refractivity (Wildman–Crippen MR) is 101 cm³/mol. The molecule has 0 saturated heterocycles. The molecular weight excluding hydrogens is 300 g/mol. The Morgan fingerprint density at radius 2 is 1.62 bits per heavy atom. The zero-order valence-electron chi connectivity index (χ0n) is 15.2. The fraction of sp³-hybridized carbons (Fsp3) is 0.600. The van der Waals surface area contributed by atoms with E-state index in [0.717, 1.165) is 24.2 Å². The van der Waals surface area contributed by atoms with Crippen LogP contribution in [0, 0.1) is 0 Å².